The molecule has 42 heavy (non-hydrogen) atoms. The molecule has 3 N–H and O–H groups in total. The predicted octanol–water partition coefficient (Wildman–Crippen LogP) is 7.14. The zero-order valence-electron chi connectivity index (χ0n) is 23.8. The summed E-state index contributed by atoms with van der Waals surface area (Å²) >= 11 is 1.81. The number of benzene rings is 4. The molecular weight excluding hydrogens is 538 g/mol. The number of anilines is 1. The highest BCUT2D eigenvalue weighted by Gasteiger charge is 2.17. The van der Waals surface area contributed by atoms with E-state index in [4.69, 9.17) is 10.5 Å². The fraction of sp³-hybridized carbons (Fsp3) is 0.250. The van der Waals surface area contributed by atoms with Crippen molar-refractivity contribution in [2.75, 3.05) is 31.6 Å². The van der Waals surface area contributed by atoms with Gasteiger partial charge in [0.1, 0.15) is 12.4 Å². The number of fused-ring (bicyclic) bond motifs is 1. The number of hydrogen-bond acceptors (Lipinski definition) is 5. The predicted molar refractivity (Wildman–Crippen MR) is 174 cm³/mol. The maximum absolute atomic E-state index is 12.7. The molecule has 0 bridgehead atoms. The van der Waals surface area contributed by atoms with Crippen LogP contribution in [0.1, 0.15) is 29.5 Å². The van der Waals surface area contributed by atoms with Crippen LogP contribution in [0.15, 0.2) is 103 Å². The highest BCUT2D eigenvalue weighted by Crippen LogP contribution is 2.40. The Morgan fingerprint density at radius 1 is 0.857 bits per heavy atom. The molecule has 6 heteroatoms. The molecule has 5 aromatic rings. The van der Waals surface area contributed by atoms with Crippen molar-refractivity contribution in [2.45, 2.75) is 31.7 Å². The number of likely N-dealkylation sites (tertiary alicyclic amines) is 1. The summed E-state index contributed by atoms with van der Waals surface area (Å²) in [5.41, 5.74) is 11.7. The maximum atomic E-state index is 12.7. The van der Waals surface area contributed by atoms with Crippen molar-refractivity contribution in [3.63, 3.8) is 0 Å². The minimum absolute atomic E-state index is 0.183. The highest BCUT2D eigenvalue weighted by atomic mass is 32.1. The SMILES string of the molecule is NC(Cc1ccccc1)C(=O)Nc1ccc(-c2sc3ccccc3c2Cc2ccc(OCCN3CCCC3)cc2)cc1. The molecule has 0 spiro atoms. The Bertz CT molecular complexity index is 1610. The molecule has 1 amide bonds. The Morgan fingerprint density at radius 2 is 1.57 bits per heavy atom. The quantitative estimate of drug-likeness (QED) is 0.176. The molecule has 2 heterocycles. The van der Waals surface area contributed by atoms with E-state index >= 15 is 0 Å². The van der Waals surface area contributed by atoms with E-state index < -0.39 is 6.04 Å². The molecule has 6 rings (SSSR count). The van der Waals surface area contributed by atoms with Gasteiger partial charge in [-0.1, -0.05) is 72.8 Å². The van der Waals surface area contributed by atoms with Crippen LogP contribution in [0, 0.1) is 0 Å². The normalized spacial score (nSPS) is 14.2. The smallest absolute Gasteiger partial charge is 0.241 e. The standard InChI is InChI=1S/C36H37N3O2S/c37-33(25-26-8-2-1-3-9-26)36(40)38-29-16-14-28(15-17-29)35-32(31-10-4-5-11-34(31)42-35)24-27-12-18-30(19-13-27)41-23-22-39-20-6-7-21-39/h1-5,8-19,33H,6-7,20-25,37H2,(H,38,40). The Morgan fingerprint density at radius 3 is 2.33 bits per heavy atom. The molecule has 1 unspecified atom stereocenters. The summed E-state index contributed by atoms with van der Waals surface area (Å²) in [5.74, 6) is 0.743. The lowest BCUT2D eigenvalue weighted by Crippen LogP contribution is -2.37. The van der Waals surface area contributed by atoms with Gasteiger partial charge >= 0.3 is 0 Å². The van der Waals surface area contributed by atoms with Crippen molar-refractivity contribution in [3.05, 3.63) is 120 Å². The minimum Gasteiger partial charge on any atom is -0.492 e. The third kappa shape index (κ3) is 6.90. The molecule has 1 aromatic heterocycles. The lowest BCUT2D eigenvalue weighted by atomic mass is 9.99. The van der Waals surface area contributed by atoms with E-state index in [2.05, 4.69) is 70.9 Å². The Kier molecular flexibility index (Phi) is 8.95. The van der Waals surface area contributed by atoms with E-state index in [1.165, 1.54) is 52.0 Å². The zero-order chi connectivity index (χ0) is 28.7. The van der Waals surface area contributed by atoms with Gasteiger partial charge in [-0.2, -0.15) is 0 Å². The van der Waals surface area contributed by atoms with Crippen molar-refractivity contribution < 1.29 is 9.53 Å². The highest BCUT2D eigenvalue weighted by molar-refractivity contribution is 7.22. The number of nitrogens with one attached hydrogen (secondary N) is 1. The molecule has 1 aliphatic heterocycles. The van der Waals surface area contributed by atoms with Gasteiger partial charge in [0.15, 0.2) is 0 Å². The first-order valence-corrected chi connectivity index (χ1v) is 15.6. The molecule has 4 aromatic carbocycles. The largest absolute Gasteiger partial charge is 0.492 e. The molecular formula is C36H37N3O2S. The minimum atomic E-state index is -0.608. The number of nitrogens with two attached hydrogens (primary N) is 1. The number of carbonyl (C=O) groups excluding carboxylic acids is 1. The summed E-state index contributed by atoms with van der Waals surface area (Å²) < 4.78 is 7.30. The fourth-order valence-corrected chi connectivity index (χ4v) is 6.84. The summed E-state index contributed by atoms with van der Waals surface area (Å²) in [6.07, 6.45) is 3.94. The average Bonchev–Trinajstić information content (AvgIpc) is 3.67. The van der Waals surface area contributed by atoms with Crippen LogP contribution >= 0.6 is 11.3 Å². The average molecular weight is 576 g/mol. The maximum Gasteiger partial charge on any atom is 0.241 e. The Hall–Kier alpha value is -3.97. The first-order chi connectivity index (χ1) is 20.6. The van der Waals surface area contributed by atoms with Gasteiger partial charge in [0.05, 0.1) is 6.04 Å². The monoisotopic (exact) mass is 575 g/mol. The van der Waals surface area contributed by atoms with Gasteiger partial charge in [0.25, 0.3) is 0 Å². The third-order valence-corrected chi connectivity index (χ3v) is 9.19. The van der Waals surface area contributed by atoms with Gasteiger partial charge in [0.2, 0.25) is 5.91 Å². The van der Waals surface area contributed by atoms with E-state index in [0.29, 0.717) is 6.42 Å². The van der Waals surface area contributed by atoms with E-state index in [1.54, 1.807) is 0 Å². The van der Waals surface area contributed by atoms with E-state index in [-0.39, 0.29) is 5.91 Å². The van der Waals surface area contributed by atoms with Crippen LogP contribution in [0.3, 0.4) is 0 Å². The molecule has 0 saturated carbocycles. The van der Waals surface area contributed by atoms with Crippen LogP contribution < -0.4 is 15.8 Å². The number of hydrogen-bond donors (Lipinski definition) is 2. The molecule has 1 fully saturated rings. The molecule has 0 radical (unpaired) electrons. The van der Waals surface area contributed by atoms with Crippen molar-refractivity contribution in [1.82, 2.24) is 4.90 Å². The second kappa shape index (κ2) is 13.3. The first-order valence-electron chi connectivity index (χ1n) is 14.8. The summed E-state index contributed by atoms with van der Waals surface area (Å²) in [6, 6.07) is 34.5. The summed E-state index contributed by atoms with van der Waals surface area (Å²) in [5, 5.41) is 4.27. The van der Waals surface area contributed by atoms with E-state index in [0.717, 1.165) is 42.1 Å². The van der Waals surface area contributed by atoms with Gasteiger partial charge in [-0.15, -0.1) is 11.3 Å². The van der Waals surface area contributed by atoms with Crippen LogP contribution in [-0.2, 0) is 17.6 Å². The Labute approximate surface area is 251 Å². The second-order valence-corrected chi connectivity index (χ2v) is 12.0. The lowest BCUT2D eigenvalue weighted by Gasteiger charge is -2.15. The summed E-state index contributed by atoms with van der Waals surface area (Å²) in [6.45, 7) is 4.11. The van der Waals surface area contributed by atoms with Crippen molar-refractivity contribution in [2.24, 2.45) is 5.73 Å². The van der Waals surface area contributed by atoms with Gasteiger partial charge in [-0.05, 0) is 96.7 Å². The first kappa shape index (κ1) is 28.2. The van der Waals surface area contributed by atoms with Crippen LogP contribution in [-0.4, -0.2) is 43.1 Å². The molecule has 1 aliphatic rings. The topological polar surface area (TPSA) is 67.6 Å². The van der Waals surface area contributed by atoms with Gasteiger partial charge in [0, 0.05) is 21.8 Å². The van der Waals surface area contributed by atoms with Crippen LogP contribution in [0.5, 0.6) is 5.75 Å². The summed E-state index contributed by atoms with van der Waals surface area (Å²) in [4.78, 5) is 16.5. The van der Waals surface area contributed by atoms with Crippen molar-refractivity contribution in [1.29, 1.82) is 0 Å². The molecule has 0 aliphatic carbocycles. The van der Waals surface area contributed by atoms with Gasteiger partial charge < -0.3 is 15.8 Å². The fourth-order valence-electron chi connectivity index (χ4n) is 5.61. The number of amides is 1. The van der Waals surface area contributed by atoms with E-state index in [1.807, 2.05) is 53.8 Å². The van der Waals surface area contributed by atoms with Crippen molar-refractivity contribution >= 4 is 33.0 Å². The van der Waals surface area contributed by atoms with Crippen LogP contribution in [0.4, 0.5) is 5.69 Å². The van der Waals surface area contributed by atoms with Gasteiger partial charge in [-0.25, -0.2) is 0 Å². The van der Waals surface area contributed by atoms with Crippen LogP contribution in [0.2, 0.25) is 0 Å². The zero-order valence-corrected chi connectivity index (χ0v) is 24.6. The molecule has 1 atom stereocenters. The van der Waals surface area contributed by atoms with Gasteiger partial charge in [-0.3, -0.25) is 9.69 Å². The van der Waals surface area contributed by atoms with Crippen molar-refractivity contribution in [3.8, 4) is 16.2 Å². The molecule has 5 nitrogen and oxygen atoms in total. The molecule has 1 saturated heterocycles. The second-order valence-electron chi connectivity index (χ2n) is 11.0. The number of ether oxygens (including phenoxy) is 1. The molecule has 214 valence electrons. The van der Waals surface area contributed by atoms with E-state index in [9.17, 15) is 4.79 Å². The number of carbonyl (C=O) groups is 1. The number of thiophene rings is 1. The third-order valence-electron chi connectivity index (χ3n) is 7.93. The Balaban J connectivity index is 1.14. The number of nitrogens with zero attached hydrogens (tertiary/aromatic N) is 1. The van der Waals surface area contributed by atoms with Crippen LogP contribution in [0.25, 0.3) is 20.5 Å². The number of rotatable bonds is 11. The lowest BCUT2D eigenvalue weighted by molar-refractivity contribution is -0.117. The summed E-state index contributed by atoms with van der Waals surface area (Å²) in [7, 11) is 0.